The number of carbonyl (C=O) groups excluding carboxylic acids is 5. The monoisotopic (exact) mass is 726 g/mol. The zero-order valence-electron chi connectivity index (χ0n) is 30.4. The highest BCUT2D eigenvalue weighted by Gasteiger charge is 2.33. The number of carboxylic acids is 1. The van der Waals surface area contributed by atoms with Gasteiger partial charge in [-0.15, -0.1) is 0 Å². The van der Waals surface area contributed by atoms with Crippen molar-refractivity contribution in [2.45, 2.75) is 103 Å². The lowest BCUT2D eigenvalue weighted by Crippen LogP contribution is -2.60. The number of hydrogen-bond donors (Lipinski definition) is 9. The topological polar surface area (TPSA) is 249 Å². The number of aliphatic hydroxyl groups excluding tert-OH is 2. The Balaban J connectivity index is 2.30. The molecule has 0 fully saturated rings. The molecule has 0 saturated heterocycles. The van der Waals surface area contributed by atoms with E-state index in [0.29, 0.717) is 11.1 Å². The molecule has 0 spiro atoms. The summed E-state index contributed by atoms with van der Waals surface area (Å²) in [6.45, 7) is 7.84. The van der Waals surface area contributed by atoms with E-state index in [2.05, 4.69) is 26.6 Å². The Labute approximate surface area is 304 Å². The van der Waals surface area contributed by atoms with Crippen molar-refractivity contribution in [1.82, 2.24) is 26.6 Å². The highest BCUT2D eigenvalue weighted by molar-refractivity contribution is 5.96. The average molecular weight is 727 g/mol. The van der Waals surface area contributed by atoms with Crippen LogP contribution in [0.5, 0.6) is 0 Å². The van der Waals surface area contributed by atoms with Crippen molar-refractivity contribution in [2.75, 3.05) is 6.61 Å². The molecule has 0 aliphatic carbocycles. The summed E-state index contributed by atoms with van der Waals surface area (Å²) in [5.41, 5.74) is 7.07. The Morgan fingerprint density at radius 1 is 0.558 bits per heavy atom. The molecule has 10 N–H and O–H groups in total. The Bertz CT molecular complexity index is 1470. The van der Waals surface area contributed by atoms with Crippen molar-refractivity contribution in [1.29, 1.82) is 0 Å². The second-order valence-electron chi connectivity index (χ2n) is 13.7. The summed E-state index contributed by atoms with van der Waals surface area (Å²) >= 11 is 0. The minimum atomic E-state index is -1.56. The molecule has 0 aromatic heterocycles. The molecule has 7 atom stereocenters. The number of carbonyl (C=O) groups is 6. The fourth-order valence-corrected chi connectivity index (χ4v) is 5.29. The summed E-state index contributed by atoms with van der Waals surface area (Å²) < 4.78 is 0. The van der Waals surface area contributed by atoms with Gasteiger partial charge in [0.2, 0.25) is 29.5 Å². The first-order valence-electron chi connectivity index (χ1n) is 17.4. The van der Waals surface area contributed by atoms with Crippen LogP contribution in [0.25, 0.3) is 0 Å². The van der Waals surface area contributed by atoms with E-state index in [0.717, 1.165) is 0 Å². The summed E-state index contributed by atoms with van der Waals surface area (Å²) in [6, 6.07) is 9.61. The molecule has 15 heteroatoms. The Kier molecular flexibility index (Phi) is 17.9. The van der Waals surface area contributed by atoms with Crippen LogP contribution in [0.1, 0.15) is 58.6 Å². The molecule has 2 rings (SSSR count). The van der Waals surface area contributed by atoms with E-state index in [4.69, 9.17) is 5.73 Å². The normalized spacial score (nSPS) is 15.3. The van der Waals surface area contributed by atoms with Gasteiger partial charge in [-0.3, -0.25) is 24.0 Å². The lowest BCUT2D eigenvalue weighted by molar-refractivity contribution is -0.142. The van der Waals surface area contributed by atoms with E-state index in [-0.39, 0.29) is 37.5 Å². The minimum absolute atomic E-state index is 0.0322. The predicted molar refractivity (Wildman–Crippen MR) is 193 cm³/mol. The van der Waals surface area contributed by atoms with Crippen LogP contribution in [0, 0.1) is 11.8 Å². The van der Waals surface area contributed by atoms with Crippen molar-refractivity contribution in [3.05, 3.63) is 71.8 Å². The number of amides is 5. The summed E-state index contributed by atoms with van der Waals surface area (Å²) in [7, 11) is 0. The van der Waals surface area contributed by atoms with Crippen LogP contribution in [0.4, 0.5) is 0 Å². The summed E-state index contributed by atoms with van der Waals surface area (Å²) in [5.74, 6) is -5.35. The van der Waals surface area contributed by atoms with E-state index in [9.17, 15) is 44.1 Å². The van der Waals surface area contributed by atoms with Crippen molar-refractivity contribution >= 4 is 35.5 Å². The number of nitrogens with one attached hydrogen (secondary N) is 5. The minimum Gasteiger partial charge on any atom is -0.480 e. The van der Waals surface area contributed by atoms with Gasteiger partial charge in [0, 0.05) is 12.8 Å². The number of hydrogen-bond acceptors (Lipinski definition) is 9. The van der Waals surface area contributed by atoms with Crippen LogP contribution in [-0.2, 0) is 41.6 Å². The summed E-state index contributed by atoms with van der Waals surface area (Å²) in [5, 5.41) is 42.3. The first kappa shape index (κ1) is 43.3. The SMILES string of the molecule is CC(C)CC(NC(=O)C(CC(C)C)NC(=O)C(N)C(C)O)C(=O)NC(Cc1ccccc1)C(=O)NC(CO)C(=O)NC(Cc1ccccc1)C(=O)O. The maximum atomic E-state index is 13.8. The first-order chi connectivity index (χ1) is 24.5. The molecule has 0 bridgehead atoms. The molecule has 286 valence electrons. The summed E-state index contributed by atoms with van der Waals surface area (Å²) in [6.07, 6.45) is -0.877. The number of benzene rings is 2. The van der Waals surface area contributed by atoms with Crippen LogP contribution in [0.15, 0.2) is 60.7 Å². The average Bonchev–Trinajstić information content (AvgIpc) is 3.09. The van der Waals surface area contributed by atoms with Crippen molar-refractivity contribution in [3.8, 4) is 0 Å². The third-order valence-electron chi connectivity index (χ3n) is 8.13. The number of nitrogens with two attached hydrogens (primary N) is 1. The number of carboxylic acid groups (broad SMARTS) is 1. The van der Waals surface area contributed by atoms with Gasteiger partial charge in [0.15, 0.2) is 0 Å². The highest BCUT2D eigenvalue weighted by Crippen LogP contribution is 2.11. The van der Waals surface area contributed by atoms with E-state index in [1.54, 1.807) is 60.7 Å². The smallest absolute Gasteiger partial charge is 0.326 e. The quantitative estimate of drug-likeness (QED) is 0.0818. The molecule has 15 nitrogen and oxygen atoms in total. The van der Waals surface area contributed by atoms with Gasteiger partial charge in [0.25, 0.3) is 0 Å². The molecule has 7 unspecified atom stereocenters. The number of aliphatic hydroxyl groups is 2. The standard InChI is InChI=1S/C37H54N6O9/c1-21(2)16-26(39-33(47)27(17-22(3)4)41-36(50)31(38)23(5)45)32(46)40-28(18-24-12-8-6-9-13-24)34(48)43-30(20-44)35(49)42-29(37(51)52)19-25-14-10-7-11-15-25/h6-15,21-23,26-31,44-45H,16-20,38H2,1-5H3,(H,39,47)(H,40,46)(H,41,50)(H,42,49)(H,43,48)(H,51,52). The van der Waals surface area contributed by atoms with Gasteiger partial charge < -0.3 is 47.6 Å². The van der Waals surface area contributed by atoms with E-state index in [1.165, 1.54) is 6.92 Å². The van der Waals surface area contributed by atoms with Gasteiger partial charge in [-0.1, -0.05) is 88.4 Å². The fourth-order valence-electron chi connectivity index (χ4n) is 5.29. The van der Waals surface area contributed by atoms with E-state index < -0.39 is 84.5 Å². The molecule has 0 aliphatic heterocycles. The second kappa shape index (κ2) is 21.5. The molecular formula is C37H54N6O9. The third kappa shape index (κ3) is 14.8. The van der Waals surface area contributed by atoms with E-state index in [1.807, 2.05) is 27.7 Å². The van der Waals surface area contributed by atoms with Crippen LogP contribution in [0.3, 0.4) is 0 Å². The molecule has 0 aliphatic rings. The lowest BCUT2D eigenvalue weighted by Gasteiger charge is -2.28. The maximum absolute atomic E-state index is 13.8. The molecule has 52 heavy (non-hydrogen) atoms. The number of aliphatic carboxylic acids is 1. The number of rotatable bonds is 21. The Morgan fingerprint density at radius 3 is 1.31 bits per heavy atom. The zero-order valence-corrected chi connectivity index (χ0v) is 30.4. The second-order valence-corrected chi connectivity index (χ2v) is 13.7. The van der Waals surface area contributed by atoms with Crippen LogP contribution in [0.2, 0.25) is 0 Å². The van der Waals surface area contributed by atoms with Crippen molar-refractivity contribution in [3.63, 3.8) is 0 Å². The molecule has 5 amide bonds. The first-order valence-corrected chi connectivity index (χ1v) is 17.4. The van der Waals surface area contributed by atoms with Gasteiger partial charge in [-0.25, -0.2) is 4.79 Å². The van der Waals surface area contributed by atoms with Gasteiger partial charge >= 0.3 is 5.97 Å². The van der Waals surface area contributed by atoms with Crippen LogP contribution < -0.4 is 32.3 Å². The third-order valence-corrected chi connectivity index (χ3v) is 8.13. The van der Waals surface area contributed by atoms with Crippen molar-refractivity contribution < 1.29 is 44.1 Å². The van der Waals surface area contributed by atoms with Gasteiger partial charge in [-0.05, 0) is 42.7 Å². The molecule has 2 aromatic rings. The van der Waals surface area contributed by atoms with Gasteiger partial charge in [0.05, 0.1) is 12.7 Å². The van der Waals surface area contributed by atoms with Crippen LogP contribution in [-0.4, -0.2) is 99.8 Å². The molecule has 0 radical (unpaired) electrons. The molecule has 2 aromatic carbocycles. The fraction of sp³-hybridized carbons (Fsp3) is 0.514. The summed E-state index contributed by atoms with van der Waals surface area (Å²) in [4.78, 5) is 78.8. The molecule has 0 heterocycles. The highest BCUT2D eigenvalue weighted by atomic mass is 16.4. The molecular weight excluding hydrogens is 672 g/mol. The van der Waals surface area contributed by atoms with Gasteiger partial charge in [0.1, 0.15) is 36.3 Å². The van der Waals surface area contributed by atoms with Crippen LogP contribution >= 0.6 is 0 Å². The Hall–Kier alpha value is -4.86. The van der Waals surface area contributed by atoms with Crippen molar-refractivity contribution in [2.24, 2.45) is 17.6 Å². The van der Waals surface area contributed by atoms with E-state index >= 15 is 0 Å². The maximum Gasteiger partial charge on any atom is 0.326 e. The Morgan fingerprint density at radius 2 is 0.904 bits per heavy atom. The van der Waals surface area contributed by atoms with Gasteiger partial charge in [-0.2, -0.15) is 0 Å². The predicted octanol–water partition coefficient (Wildman–Crippen LogP) is -0.227. The molecule has 0 saturated carbocycles. The lowest BCUT2D eigenvalue weighted by atomic mass is 9.99. The zero-order chi connectivity index (χ0) is 39.0. The largest absolute Gasteiger partial charge is 0.480 e.